The molecule has 5 nitrogen and oxygen atoms in total. The van der Waals surface area contributed by atoms with E-state index in [0.717, 1.165) is 11.1 Å². The van der Waals surface area contributed by atoms with Crippen LogP contribution in [-0.2, 0) is 0 Å². The van der Waals surface area contributed by atoms with Gasteiger partial charge in [-0.1, -0.05) is 11.3 Å². The number of nitrogens with zero attached hydrogens (tertiary/aromatic N) is 3. The van der Waals surface area contributed by atoms with Crippen LogP contribution in [0, 0.1) is 20.8 Å². The van der Waals surface area contributed by atoms with Crippen molar-refractivity contribution in [3.63, 3.8) is 0 Å². The van der Waals surface area contributed by atoms with Crippen molar-refractivity contribution < 1.29 is 9.90 Å². The fourth-order valence-electron chi connectivity index (χ4n) is 1.64. The molecule has 2 rings (SSSR count). The van der Waals surface area contributed by atoms with Gasteiger partial charge in [0.1, 0.15) is 0 Å². The van der Waals surface area contributed by atoms with E-state index >= 15 is 0 Å². The summed E-state index contributed by atoms with van der Waals surface area (Å²) >= 11 is 0. The third kappa shape index (κ3) is 1.91. The molecule has 2 aromatic rings. The van der Waals surface area contributed by atoms with Crippen molar-refractivity contribution in [2.45, 2.75) is 20.8 Å². The molecule has 0 aliphatic heterocycles. The van der Waals surface area contributed by atoms with Crippen molar-refractivity contribution >= 4 is 5.97 Å². The Morgan fingerprint density at radius 3 is 2.53 bits per heavy atom. The number of hydrogen-bond acceptors (Lipinski definition) is 3. The molecule has 1 N–H and O–H groups in total. The lowest BCUT2D eigenvalue weighted by Gasteiger charge is -2.06. The summed E-state index contributed by atoms with van der Waals surface area (Å²) in [6.07, 6.45) is 0. The molecule has 0 fully saturated rings. The van der Waals surface area contributed by atoms with Crippen LogP contribution in [0.5, 0.6) is 0 Å². The molecule has 1 aromatic carbocycles. The molecule has 0 bridgehead atoms. The third-order valence-corrected chi connectivity index (χ3v) is 2.78. The molecule has 0 radical (unpaired) electrons. The van der Waals surface area contributed by atoms with Crippen LogP contribution in [0.1, 0.15) is 27.3 Å². The van der Waals surface area contributed by atoms with Crippen LogP contribution in [0.2, 0.25) is 0 Å². The van der Waals surface area contributed by atoms with E-state index in [1.165, 1.54) is 4.68 Å². The number of aromatic nitrogens is 3. The van der Waals surface area contributed by atoms with Crippen molar-refractivity contribution in [2.24, 2.45) is 0 Å². The highest BCUT2D eigenvalue weighted by Crippen LogP contribution is 2.16. The van der Waals surface area contributed by atoms with Gasteiger partial charge in [-0.3, -0.25) is 0 Å². The van der Waals surface area contributed by atoms with Gasteiger partial charge in [0, 0.05) is 0 Å². The summed E-state index contributed by atoms with van der Waals surface area (Å²) in [6.45, 7) is 5.61. The summed E-state index contributed by atoms with van der Waals surface area (Å²) in [6, 6.07) is 5.67. The van der Waals surface area contributed by atoms with E-state index in [2.05, 4.69) is 10.3 Å². The number of carboxylic acid groups (broad SMARTS) is 1. The van der Waals surface area contributed by atoms with Gasteiger partial charge in [0.25, 0.3) is 0 Å². The Bertz CT molecular complexity index is 587. The number of aromatic carboxylic acids is 1. The highest BCUT2D eigenvalue weighted by molar-refractivity contribution is 5.87. The molecule has 0 spiro atoms. The van der Waals surface area contributed by atoms with Crippen LogP contribution in [0.25, 0.3) is 5.69 Å². The topological polar surface area (TPSA) is 68.0 Å². The summed E-state index contributed by atoms with van der Waals surface area (Å²) in [4.78, 5) is 11.1. The second kappa shape index (κ2) is 4.01. The van der Waals surface area contributed by atoms with Crippen LogP contribution < -0.4 is 0 Å². The first-order valence-electron chi connectivity index (χ1n) is 5.24. The summed E-state index contributed by atoms with van der Waals surface area (Å²) in [7, 11) is 0. The van der Waals surface area contributed by atoms with E-state index in [0.29, 0.717) is 11.4 Å². The lowest BCUT2D eigenvalue weighted by Crippen LogP contribution is -2.09. The molecule has 0 saturated heterocycles. The average molecular weight is 231 g/mol. The van der Waals surface area contributed by atoms with Crippen LogP contribution >= 0.6 is 0 Å². The number of hydrogen-bond donors (Lipinski definition) is 1. The predicted molar refractivity (Wildman–Crippen MR) is 62.5 cm³/mol. The Hall–Kier alpha value is -2.17. The Kier molecular flexibility index (Phi) is 2.67. The second-order valence-corrected chi connectivity index (χ2v) is 4.01. The van der Waals surface area contributed by atoms with E-state index < -0.39 is 5.97 Å². The van der Waals surface area contributed by atoms with Gasteiger partial charge in [0.2, 0.25) is 0 Å². The first-order valence-corrected chi connectivity index (χ1v) is 5.24. The van der Waals surface area contributed by atoms with Gasteiger partial charge in [-0.2, -0.15) is 0 Å². The first kappa shape index (κ1) is 11.3. The van der Waals surface area contributed by atoms with E-state index in [4.69, 9.17) is 5.11 Å². The average Bonchev–Trinajstić information content (AvgIpc) is 2.64. The van der Waals surface area contributed by atoms with Gasteiger partial charge < -0.3 is 5.11 Å². The molecule has 0 saturated carbocycles. The molecule has 1 heterocycles. The molecule has 1 aromatic heterocycles. The fourth-order valence-corrected chi connectivity index (χ4v) is 1.64. The molecule has 17 heavy (non-hydrogen) atoms. The number of aryl methyl sites for hydroxylation is 3. The van der Waals surface area contributed by atoms with Crippen LogP contribution in [0.4, 0.5) is 0 Å². The first-order chi connectivity index (χ1) is 8.00. The van der Waals surface area contributed by atoms with Crippen LogP contribution in [-0.4, -0.2) is 26.1 Å². The zero-order chi connectivity index (χ0) is 12.6. The SMILES string of the molecule is Cc1ccc(-n2nnc(C)c2C(=O)O)cc1C. The van der Waals surface area contributed by atoms with E-state index in [9.17, 15) is 4.79 Å². The smallest absolute Gasteiger partial charge is 0.356 e. The van der Waals surface area contributed by atoms with E-state index in [1.54, 1.807) is 6.92 Å². The van der Waals surface area contributed by atoms with Crippen LogP contribution in [0.3, 0.4) is 0 Å². The molecular weight excluding hydrogens is 218 g/mol. The molecule has 0 amide bonds. The molecule has 0 aliphatic carbocycles. The highest BCUT2D eigenvalue weighted by Gasteiger charge is 2.17. The Labute approximate surface area is 98.7 Å². The van der Waals surface area contributed by atoms with Gasteiger partial charge in [-0.05, 0) is 44.0 Å². The van der Waals surface area contributed by atoms with Crippen molar-refractivity contribution in [3.05, 3.63) is 40.7 Å². The van der Waals surface area contributed by atoms with E-state index in [-0.39, 0.29) is 5.69 Å². The fraction of sp³-hybridized carbons (Fsp3) is 0.250. The van der Waals surface area contributed by atoms with Gasteiger partial charge >= 0.3 is 5.97 Å². The second-order valence-electron chi connectivity index (χ2n) is 4.01. The van der Waals surface area contributed by atoms with Crippen molar-refractivity contribution in [2.75, 3.05) is 0 Å². The van der Waals surface area contributed by atoms with Crippen molar-refractivity contribution in [3.8, 4) is 5.69 Å². The monoisotopic (exact) mass is 231 g/mol. The Balaban J connectivity index is 2.60. The van der Waals surface area contributed by atoms with Crippen molar-refractivity contribution in [1.82, 2.24) is 15.0 Å². The highest BCUT2D eigenvalue weighted by atomic mass is 16.4. The summed E-state index contributed by atoms with van der Waals surface area (Å²) < 4.78 is 1.35. The minimum Gasteiger partial charge on any atom is -0.476 e. The third-order valence-electron chi connectivity index (χ3n) is 2.78. The lowest BCUT2D eigenvalue weighted by molar-refractivity contribution is 0.0686. The van der Waals surface area contributed by atoms with Gasteiger partial charge in [-0.25, -0.2) is 9.48 Å². The largest absolute Gasteiger partial charge is 0.476 e. The number of carbonyl (C=O) groups is 1. The minimum atomic E-state index is -1.02. The molecular formula is C12H13N3O2. The van der Waals surface area contributed by atoms with Gasteiger partial charge in [0.15, 0.2) is 5.69 Å². The van der Waals surface area contributed by atoms with E-state index in [1.807, 2.05) is 32.0 Å². The number of benzene rings is 1. The maximum Gasteiger partial charge on any atom is 0.356 e. The lowest BCUT2D eigenvalue weighted by atomic mass is 10.1. The molecule has 0 aliphatic rings. The Morgan fingerprint density at radius 1 is 1.24 bits per heavy atom. The van der Waals surface area contributed by atoms with Gasteiger partial charge in [0.05, 0.1) is 11.4 Å². The zero-order valence-corrected chi connectivity index (χ0v) is 9.93. The summed E-state index contributed by atoms with van der Waals surface area (Å²) in [5.74, 6) is -1.02. The summed E-state index contributed by atoms with van der Waals surface area (Å²) in [5, 5.41) is 16.8. The molecule has 0 atom stereocenters. The summed E-state index contributed by atoms with van der Waals surface area (Å²) in [5.41, 5.74) is 3.48. The number of rotatable bonds is 2. The maximum atomic E-state index is 11.1. The standard InChI is InChI=1S/C12H13N3O2/c1-7-4-5-10(6-8(7)2)15-11(12(16)17)9(3)13-14-15/h4-6H,1-3H3,(H,16,17). The quantitative estimate of drug-likeness (QED) is 0.857. The maximum absolute atomic E-state index is 11.1. The molecule has 0 unspecified atom stereocenters. The Morgan fingerprint density at radius 2 is 1.94 bits per heavy atom. The normalized spacial score (nSPS) is 10.5. The predicted octanol–water partition coefficient (Wildman–Crippen LogP) is 1.89. The minimum absolute atomic E-state index is 0.105. The number of carboxylic acids is 1. The van der Waals surface area contributed by atoms with Crippen molar-refractivity contribution in [1.29, 1.82) is 0 Å². The molecule has 5 heteroatoms. The molecule has 88 valence electrons. The zero-order valence-electron chi connectivity index (χ0n) is 9.93. The van der Waals surface area contributed by atoms with Gasteiger partial charge in [-0.15, -0.1) is 5.10 Å². The van der Waals surface area contributed by atoms with Crippen LogP contribution in [0.15, 0.2) is 18.2 Å².